The number of ether oxygens (including phenoxy) is 3. The van der Waals surface area contributed by atoms with Gasteiger partial charge in [-0.05, 0) is 67.5 Å². The summed E-state index contributed by atoms with van der Waals surface area (Å²) >= 11 is 0. The maximum absolute atomic E-state index is 9.77. The zero-order valence-corrected chi connectivity index (χ0v) is 19.8. The highest BCUT2D eigenvalue weighted by molar-refractivity contribution is 5.66. The molecule has 3 aromatic heterocycles. The van der Waals surface area contributed by atoms with Crippen LogP contribution < -0.4 is 14.2 Å². The maximum Gasteiger partial charge on any atom is 0.236 e. The van der Waals surface area contributed by atoms with Crippen molar-refractivity contribution in [2.75, 3.05) is 13.7 Å². The van der Waals surface area contributed by atoms with Crippen LogP contribution in [-0.4, -0.2) is 45.4 Å². The van der Waals surface area contributed by atoms with Crippen molar-refractivity contribution in [2.24, 2.45) is 0 Å². The van der Waals surface area contributed by atoms with Gasteiger partial charge in [0.25, 0.3) is 0 Å². The third-order valence-electron chi connectivity index (χ3n) is 7.11. The van der Waals surface area contributed by atoms with Gasteiger partial charge in [-0.15, -0.1) is 0 Å². The van der Waals surface area contributed by atoms with Crippen LogP contribution in [0.3, 0.4) is 0 Å². The predicted molar refractivity (Wildman–Crippen MR) is 132 cm³/mol. The number of methoxy groups -OCH3 is 1. The minimum absolute atomic E-state index is 0.100. The number of benzene rings is 1. The summed E-state index contributed by atoms with van der Waals surface area (Å²) in [4.78, 5) is 9.20. The molecule has 1 aromatic carbocycles. The molecule has 0 unspecified atom stereocenters. The molecule has 0 bridgehead atoms. The first kappa shape index (κ1) is 21.9. The molecule has 0 radical (unpaired) electrons. The molecule has 7 nitrogen and oxygen atoms in total. The molecule has 1 aliphatic carbocycles. The van der Waals surface area contributed by atoms with Crippen molar-refractivity contribution in [1.29, 1.82) is 0 Å². The Morgan fingerprint density at radius 2 is 1.86 bits per heavy atom. The van der Waals surface area contributed by atoms with Crippen LogP contribution in [0.5, 0.6) is 17.5 Å². The Bertz CT molecular complexity index is 1340. The van der Waals surface area contributed by atoms with Crippen molar-refractivity contribution in [3.63, 3.8) is 0 Å². The van der Waals surface area contributed by atoms with E-state index >= 15 is 0 Å². The van der Waals surface area contributed by atoms with E-state index < -0.39 is 0 Å². The predicted octanol–water partition coefficient (Wildman–Crippen LogP) is 5.00. The second-order valence-corrected chi connectivity index (χ2v) is 9.31. The summed E-state index contributed by atoms with van der Waals surface area (Å²) in [6.07, 6.45) is 7.92. The van der Waals surface area contributed by atoms with Crippen LogP contribution in [0, 0.1) is 0 Å². The minimum Gasteiger partial charge on any atom is -0.496 e. The van der Waals surface area contributed by atoms with E-state index in [1.807, 2.05) is 36.4 Å². The van der Waals surface area contributed by atoms with Gasteiger partial charge in [-0.1, -0.05) is 18.2 Å². The molecule has 4 heterocycles. The fraction of sp³-hybridized carbons (Fsp3) is 0.357. The summed E-state index contributed by atoms with van der Waals surface area (Å²) in [7, 11) is 1.71. The number of hydrogen-bond acceptors (Lipinski definition) is 6. The van der Waals surface area contributed by atoms with E-state index in [2.05, 4.69) is 27.7 Å². The van der Waals surface area contributed by atoms with E-state index in [1.54, 1.807) is 13.3 Å². The van der Waals surface area contributed by atoms with Crippen molar-refractivity contribution < 1.29 is 19.3 Å². The third kappa shape index (κ3) is 4.21. The van der Waals surface area contributed by atoms with Crippen molar-refractivity contribution in [2.45, 2.75) is 50.2 Å². The van der Waals surface area contributed by atoms with Crippen molar-refractivity contribution in [3.8, 4) is 28.6 Å². The Kier molecular flexibility index (Phi) is 5.78. The number of aliphatic hydroxyl groups excluding tert-OH is 1. The fourth-order valence-electron chi connectivity index (χ4n) is 5.29. The molecule has 0 spiro atoms. The number of imidazole rings is 1. The van der Waals surface area contributed by atoms with Crippen molar-refractivity contribution in [1.82, 2.24) is 14.4 Å². The third-order valence-corrected chi connectivity index (χ3v) is 7.11. The van der Waals surface area contributed by atoms with Gasteiger partial charge < -0.3 is 19.3 Å². The molecular weight excluding hydrogens is 442 g/mol. The number of rotatable bonds is 5. The van der Waals surface area contributed by atoms with Gasteiger partial charge in [-0.25, -0.2) is 4.98 Å². The van der Waals surface area contributed by atoms with E-state index in [-0.39, 0.29) is 18.1 Å². The highest BCUT2D eigenvalue weighted by Gasteiger charge is 2.30. The number of nitrogens with zero attached hydrogens (tertiary/aromatic N) is 3. The lowest BCUT2D eigenvalue weighted by molar-refractivity contribution is 0.0644. The van der Waals surface area contributed by atoms with Gasteiger partial charge in [-0.2, -0.15) is 4.98 Å². The second-order valence-electron chi connectivity index (χ2n) is 9.31. The van der Waals surface area contributed by atoms with E-state index in [4.69, 9.17) is 19.2 Å². The van der Waals surface area contributed by atoms with Gasteiger partial charge in [0.2, 0.25) is 11.8 Å². The zero-order chi connectivity index (χ0) is 23.8. The van der Waals surface area contributed by atoms with Gasteiger partial charge in [0.1, 0.15) is 17.5 Å². The lowest BCUT2D eigenvalue weighted by Crippen LogP contribution is -2.26. The lowest BCUT2D eigenvalue weighted by Gasteiger charge is -2.25. The Balaban J connectivity index is 1.36. The molecular formula is C28H29N3O4. The number of hydrogen-bond donors (Lipinski definition) is 1. The highest BCUT2D eigenvalue weighted by Crippen LogP contribution is 2.42. The van der Waals surface area contributed by atoms with E-state index in [0.717, 1.165) is 65.9 Å². The molecule has 4 aromatic rings. The summed E-state index contributed by atoms with van der Waals surface area (Å²) in [6, 6.07) is 16.3. The summed E-state index contributed by atoms with van der Waals surface area (Å²) in [6.45, 7) is 0.621. The first-order chi connectivity index (χ1) is 17.2. The van der Waals surface area contributed by atoms with E-state index in [9.17, 15) is 5.11 Å². The molecule has 180 valence electrons. The quantitative estimate of drug-likeness (QED) is 0.441. The summed E-state index contributed by atoms with van der Waals surface area (Å²) in [5.41, 5.74) is 5.12. The van der Waals surface area contributed by atoms with Crippen LogP contribution in [-0.2, 0) is 0 Å². The van der Waals surface area contributed by atoms with Gasteiger partial charge in [-0.3, -0.25) is 4.40 Å². The Hall–Kier alpha value is -3.58. The first-order valence-electron chi connectivity index (χ1n) is 12.3. The monoisotopic (exact) mass is 471 g/mol. The number of fused-ring (bicyclic) bond motifs is 3. The Morgan fingerprint density at radius 1 is 1.00 bits per heavy atom. The van der Waals surface area contributed by atoms with Crippen LogP contribution >= 0.6 is 0 Å². The molecule has 7 heteroatoms. The summed E-state index contributed by atoms with van der Waals surface area (Å²) in [5.74, 6) is 2.30. The van der Waals surface area contributed by atoms with E-state index in [1.165, 1.54) is 0 Å². The molecule has 1 saturated carbocycles. The van der Waals surface area contributed by atoms with Crippen LogP contribution in [0.25, 0.3) is 16.8 Å². The van der Waals surface area contributed by atoms with Crippen LogP contribution in [0.15, 0.2) is 60.9 Å². The molecule has 6 rings (SSSR count). The zero-order valence-electron chi connectivity index (χ0n) is 19.8. The second kappa shape index (κ2) is 9.23. The Labute approximate surface area is 204 Å². The SMILES string of the molecule is COc1ccccc1[C@@H]1CCOc2nc3ccc(-c4ccnc(OC5CCC(O)CC5)c4)cn3c21. The minimum atomic E-state index is -0.203. The highest BCUT2D eigenvalue weighted by atomic mass is 16.5. The van der Waals surface area contributed by atoms with Crippen molar-refractivity contribution in [3.05, 3.63) is 72.2 Å². The standard InChI is InChI=1S/C28H29N3O4/c1-33-24-5-3-2-4-22(24)23-13-15-34-28-27(23)31-17-19(6-11-25(31)30-28)18-12-14-29-26(16-18)35-21-9-7-20(32)8-10-21/h2-6,11-12,14,16-17,20-21,23,32H,7-10,13,15H2,1H3/t20?,21?,23-/m0/s1. The molecule has 1 atom stereocenters. The molecule has 1 fully saturated rings. The summed E-state index contributed by atoms with van der Waals surface area (Å²) in [5, 5.41) is 9.77. The van der Waals surface area contributed by atoms with E-state index in [0.29, 0.717) is 18.4 Å². The smallest absolute Gasteiger partial charge is 0.236 e. The molecule has 2 aliphatic rings. The molecule has 1 aliphatic heterocycles. The average molecular weight is 472 g/mol. The number of para-hydroxylation sites is 1. The molecule has 35 heavy (non-hydrogen) atoms. The largest absolute Gasteiger partial charge is 0.496 e. The van der Waals surface area contributed by atoms with Gasteiger partial charge in [0, 0.05) is 29.9 Å². The normalized spacial score (nSPS) is 21.8. The van der Waals surface area contributed by atoms with Gasteiger partial charge in [0.15, 0.2) is 0 Å². The van der Waals surface area contributed by atoms with Crippen LogP contribution in [0.4, 0.5) is 0 Å². The topological polar surface area (TPSA) is 78.1 Å². The number of aliphatic hydroxyl groups is 1. The lowest BCUT2D eigenvalue weighted by atomic mass is 9.90. The molecule has 0 saturated heterocycles. The summed E-state index contributed by atoms with van der Waals surface area (Å²) < 4.78 is 19.9. The Morgan fingerprint density at radius 3 is 2.71 bits per heavy atom. The van der Waals surface area contributed by atoms with Gasteiger partial charge >= 0.3 is 0 Å². The fourth-order valence-corrected chi connectivity index (χ4v) is 5.29. The number of pyridine rings is 2. The maximum atomic E-state index is 9.77. The molecule has 0 amide bonds. The average Bonchev–Trinajstić information content (AvgIpc) is 3.28. The number of aromatic nitrogens is 3. The van der Waals surface area contributed by atoms with Crippen LogP contribution in [0.1, 0.15) is 49.3 Å². The molecule has 1 N–H and O–H groups in total. The van der Waals surface area contributed by atoms with Crippen molar-refractivity contribution >= 4 is 5.65 Å². The van der Waals surface area contributed by atoms with Gasteiger partial charge in [0.05, 0.1) is 25.5 Å². The van der Waals surface area contributed by atoms with Crippen LogP contribution in [0.2, 0.25) is 0 Å². The first-order valence-corrected chi connectivity index (χ1v) is 12.3.